The molecule has 1 N–H and O–H groups in total. The molecule has 0 amide bonds. The van der Waals surface area contributed by atoms with Crippen LogP contribution in [0.1, 0.15) is 24.0 Å². The number of hydrogen-bond acceptors (Lipinski definition) is 1. The first-order chi connectivity index (χ1) is 8.36. The molecule has 1 aromatic rings. The minimum Gasteiger partial charge on any atom is -0.507 e. The first-order valence-electron chi connectivity index (χ1n) is 5.90. The number of benzene rings is 1. The van der Waals surface area contributed by atoms with Gasteiger partial charge in [0.15, 0.2) is 0 Å². The van der Waals surface area contributed by atoms with Crippen molar-refractivity contribution in [1.29, 1.82) is 0 Å². The number of allylic oxidation sites excluding steroid dienone is 8. The maximum absolute atomic E-state index is 10.1. The maximum atomic E-state index is 10.1. The smallest absolute Gasteiger partial charge is 0.123 e. The van der Waals surface area contributed by atoms with Crippen molar-refractivity contribution in [3.8, 4) is 5.75 Å². The molecular formula is C16H15ClOZr. The summed E-state index contributed by atoms with van der Waals surface area (Å²) < 4.78 is 0. The second-order valence-electron chi connectivity index (χ2n) is 4.35. The van der Waals surface area contributed by atoms with Crippen LogP contribution < -0.4 is 0 Å². The summed E-state index contributed by atoms with van der Waals surface area (Å²) in [6.07, 6.45) is 14.5. The van der Waals surface area contributed by atoms with Crippen LogP contribution in [0.25, 0.3) is 11.1 Å². The molecule has 1 nitrogen and oxygen atoms in total. The van der Waals surface area contributed by atoms with Gasteiger partial charge in [-0.2, -0.15) is 0 Å². The number of rotatable bonds is 2. The van der Waals surface area contributed by atoms with Crippen molar-refractivity contribution in [2.45, 2.75) is 12.8 Å². The molecule has 2 aliphatic rings. The van der Waals surface area contributed by atoms with Crippen LogP contribution in [0.5, 0.6) is 5.75 Å². The predicted molar refractivity (Wildman–Crippen MR) is 78.8 cm³/mol. The van der Waals surface area contributed by atoms with Crippen molar-refractivity contribution in [2.24, 2.45) is 0 Å². The van der Waals surface area contributed by atoms with Crippen LogP contribution in [-0.2, 0) is 26.2 Å². The zero-order valence-corrected chi connectivity index (χ0v) is 13.7. The Labute approximate surface area is 139 Å². The van der Waals surface area contributed by atoms with Gasteiger partial charge in [0.1, 0.15) is 5.75 Å². The van der Waals surface area contributed by atoms with E-state index in [4.69, 9.17) is 0 Å². The van der Waals surface area contributed by atoms with Gasteiger partial charge in [-0.15, -0.1) is 12.4 Å². The fourth-order valence-corrected chi connectivity index (χ4v) is 2.42. The van der Waals surface area contributed by atoms with Crippen LogP contribution in [0.15, 0.2) is 54.7 Å². The minimum atomic E-state index is 0. The Morgan fingerprint density at radius 2 is 1.53 bits per heavy atom. The summed E-state index contributed by atoms with van der Waals surface area (Å²) in [5, 5.41) is 10.1. The van der Waals surface area contributed by atoms with Crippen molar-refractivity contribution in [3.63, 3.8) is 0 Å². The largest absolute Gasteiger partial charge is 0.507 e. The summed E-state index contributed by atoms with van der Waals surface area (Å²) >= 11 is 0. The molecule has 0 saturated carbocycles. The molecule has 3 rings (SSSR count). The number of halogens is 1. The second-order valence-corrected chi connectivity index (χ2v) is 4.35. The molecule has 0 unspecified atom stereocenters. The number of hydrogen-bond donors (Lipinski definition) is 1. The van der Waals surface area contributed by atoms with Crippen molar-refractivity contribution >= 4 is 23.6 Å². The molecule has 0 heterocycles. The van der Waals surface area contributed by atoms with Crippen LogP contribution in [-0.4, -0.2) is 5.11 Å². The standard InChI is InChI=1S/C16H14O.ClH.Zr/c17-15-11-5-10-14(12-6-1-2-7-12)16(15)13-8-3-4-9-13;;/h1-6,8,10-11,17H,7,9H2;1H;. The predicted octanol–water partition coefficient (Wildman–Crippen LogP) is 4.50. The molecule has 0 aromatic heterocycles. The van der Waals surface area contributed by atoms with Crippen molar-refractivity contribution < 1.29 is 31.3 Å². The van der Waals surface area contributed by atoms with E-state index in [0.717, 1.165) is 24.0 Å². The zero-order valence-electron chi connectivity index (χ0n) is 10.5. The van der Waals surface area contributed by atoms with Gasteiger partial charge in [0.25, 0.3) is 0 Å². The van der Waals surface area contributed by atoms with Crippen molar-refractivity contribution in [3.05, 3.63) is 65.8 Å². The van der Waals surface area contributed by atoms with E-state index in [9.17, 15) is 5.11 Å². The summed E-state index contributed by atoms with van der Waals surface area (Å²) in [5.74, 6) is 0.380. The van der Waals surface area contributed by atoms with Gasteiger partial charge in [0, 0.05) is 31.8 Å². The fraction of sp³-hybridized carbons (Fsp3) is 0.125. The zero-order chi connectivity index (χ0) is 11.7. The molecule has 0 fully saturated rings. The van der Waals surface area contributed by atoms with Crippen LogP contribution >= 0.6 is 12.4 Å². The summed E-state index contributed by atoms with van der Waals surface area (Å²) in [5.41, 5.74) is 4.63. The summed E-state index contributed by atoms with van der Waals surface area (Å²) in [6.45, 7) is 0. The van der Waals surface area contributed by atoms with Gasteiger partial charge in [-0.25, -0.2) is 0 Å². The molecule has 2 aliphatic carbocycles. The molecular weight excluding hydrogens is 335 g/mol. The molecule has 0 radical (unpaired) electrons. The minimum absolute atomic E-state index is 0. The average Bonchev–Trinajstić information content (AvgIpc) is 3.02. The molecule has 0 atom stereocenters. The Bertz CT molecular complexity index is 582. The number of phenols is 1. The third-order valence-corrected chi connectivity index (χ3v) is 3.25. The van der Waals surface area contributed by atoms with Crippen molar-refractivity contribution in [1.82, 2.24) is 0 Å². The average molecular weight is 350 g/mol. The Morgan fingerprint density at radius 3 is 2.11 bits per heavy atom. The monoisotopic (exact) mass is 348 g/mol. The van der Waals surface area contributed by atoms with E-state index in [0.29, 0.717) is 5.75 Å². The quantitative estimate of drug-likeness (QED) is 0.833. The number of phenolic OH excluding ortho intramolecular Hbond substituents is 1. The third kappa shape index (κ3) is 3.19. The van der Waals surface area contributed by atoms with E-state index < -0.39 is 0 Å². The molecule has 3 heteroatoms. The molecule has 0 saturated heterocycles. The second kappa shape index (κ2) is 7.07. The van der Waals surface area contributed by atoms with Gasteiger partial charge in [0.2, 0.25) is 0 Å². The van der Waals surface area contributed by atoms with Gasteiger partial charge in [-0.1, -0.05) is 48.6 Å². The first-order valence-corrected chi connectivity index (χ1v) is 5.90. The van der Waals surface area contributed by atoms with Crippen LogP contribution in [0.4, 0.5) is 0 Å². The van der Waals surface area contributed by atoms with Crippen LogP contribution in [0, 0.1) is 0 Å². The summed E-state index contributed by atoms with van der Waals surface area (Å²) in [7, 11) is 0. The third-order valence-electron chi connectivity index (χ3n) is 3.25. The Hall–Kier alpha value is -0.847. The Kier molecular flexibility index (Phi) is 6.03. The SMILES string of the molecule is Cl.Oc1cccc(C2=CC=CC2)c1C1=CC=CC1.[Zr]. The molecule has 0 aliphatic heterocycles. The molecule has 96 valence electrons. The molecule has 0 spiro atoms. The normalized spacial score (nSPS) is 15.6. The van der Waals surface area contributed by atoms with Gasteiger partial charge in [-0.3, -0.25) is 0 Å². The maximum Gasteiger partial charge on any atom is 0.123 e. The van der Waals surface area contributed by atoms with E-state index in [2.05, 4.69) is 36.4 Å². The van der Waals surface area contributed by atoms with Crippen LogP contribution in [0.3, 0.4) is 0 Å². The molecule has 19 heavy (non-hydrogen) atoms. The fourth-order valence-electron chi connectivity index (χ4n) is 2.42. The van der Waals surface area contributed by atoms with Gasteiger partial charge in [0.05, 0.1) is 0 Å². The Balaban J connectivity index is 0.000000902. The summed E-state index contributed by atoms with van der Waals surface area (Å²) in [4.78, 5) is 0. The van der Waals surface area contributed by atoms with E-state index in [1.807, 2.05) is 12.1 Å². The van der Waals surface area contributed by atoms with Crippen LogP contribution in [0.2, 0.25) is 0 Å². The molecule has 0 bridgehead atoms. The van der Waals surface area contributed by atoms with Gasteiger partial charge in [-0.05, 0) is 35.6 Å². The van der Waals surface area contributed by atoms with E-state index in [1.165, 1.54) is 11.1 Å². The first kappa shape index (κ1) is 16.2. The molecule has 1 aromatic carbocycles. The van der Waals surface area contributed by atoms with E-state index in [1.54, 1.807) is 6.07 Å². The van der Waals surface area contributed by atoms with Crippen molar-refractivity contribution in [2.75, 3.05) is 0 Å². The number of aromatic hydroxyl groups is 1. The Morgan fingerprint density at radius 1 is 0.895 bits per heavy atom. The van der Waals surface area contributed by atoms with Gasteiger partial charge < -0.3 is 5.11 Å². The van der Waals surface area contributed by atoms with E-state index >= 15 is 0 Å². The summed E-state index contributed by atoms with van der Waals surface area (Å²) in [6, 6.07) is 5.77. The van der Waals surface area contributed by atoms with E-state index in [-0.39, 0.29) is 38.6 Å². The van der Waals surface area contributed by atoms with Gasteiger partial charge >= 0.3 is 0 Å². The topological polar surface area (TPSA) is 20.2 Å².